The number of rotatable bonds is 4. The van der Waals surface area contributed by atoms with Gasteiger partial charge in [-0.25, -0.2) is 0 Å². The summed E-state index contributed by atoms with van der Waals surface area (Å²) in [6, 6.07) is 2.04. The van der Waals surface area contributed by atoms with E-state index in [-0.39, 0.29) is 0 Å². The van der Waals surface area contributed by atoms with Crippen molar-refractivity contribution in [2.75, 3.05) is 32.0 Å². The molecule has 1 aromatic rings. The SMILES string of the molecule is Cc1cc(NCC2CCN(C)CC2)c(C(N)=S)c(C)n1. The number of nitrogens with zero attached hydrogens (tertiary/aromatic N) is 2. The van der Waals surface area contributed by atoms with Gasteiger partial charge < -0.3 is 16.0 Å². The first kappa shape index (κ1) is 15.2. The second kappa shape index (κ2) is 6.50. The first-order chi connectivity index (χ1) is 9.47. The van der Waals surface area contributed by atoms with Crippen molar-refractivity contribution in [2.45, 2.75) is 26.7 Å². The minimum absolute atomic E-state index is 0.417. The summed E-state index contributed by atoms with van der Waals surface area (Å²) in [7, 11) is 2.18. The fraction of sp³-hybridized carbons (Fsp3) is 0.600. The summed E-state index contributed by atoms with van der Waals surface area (Å²) in [6.45, 7) is 7.30. The molecule has 110 valence electrons. The molecule has 0 saturated carbocycles. The van der Waals surface area contributed by atoms with E-state index in [2.05, 4.69) is 22.2 Å². The van der Waals surface area contributed by atoms with Crippen molar-refractivity contribution in [1.82, 2.24) is 9.88 Å². The van der Waals surface area contributed by atoms with Gasteiger partial charge in [-0.1, -0.05) is 12.2 Å². The van der Waals surface area contributed by atoms with Crippen LogP contribution >= 0.6 is 12.2 Å². The van der Waals surface area contributed by atoms with Crippen molar-refractivity contribution in [2.24, 2.45) is 11.7 Å². The molecule has 1 saturated heterocycles. The average Bonchev–Trinajstić information content (AvgIpc) is 2.36. The molecule has 1 aromatic heterocycles. The van der Waals surface area contributed by atoms with Gasteiger partial charge in [-0.2, -0.15) is 0 Å². The second-order valence-corrected chi connectivity index (χ2v) is 6.20. The number of aryl methyl sites for hydroxylation is 2. The third kappa shape index (κ3) is 3.67. The lowest BCUT2D eigenvalue weighted by molar-refractivity contribution is 0.226. The first-order valence-corrected chi connectivity index (χ1v) is 7.58. The summed E-state index contributed by atoms with van der Waals surface area (Å²) in [4.78, 5) is 7.25. The van der Waals surface area contributed by atoms with Crippen LogP contribution in [0.4, 0.5) is 5.69 Å². The summed E-state index contributed by atoms with van der Waals surface area (Å²) < 4.78 is 0. The van der Waals surface area contributed by atoms with E-state index < -0.39 is 0 Å². The van der Waals surface area contributed by atoms with E-state index in [4.69, 9.17) is 18.0 Å². The lowest BCUT2D eigenvalue weighted by atomic mass is 9.97. The van der Waals surface area contributed by atoms with Gasteiger partial charge in [0.25, 0.3) is 0 Å². The Balaban J connectivity index is 2.07. The normalized spacial score (nSPS) is 17.1. The van der Waals surface area contributed by atoms with E-state index in [1.165, 1.54) is 25.9 Å². The number of hydrogen-bond acceptors (Lipinski definition) is 4. The highest BCUT2D eigenvalue weighted by molar-refractivity contribution is 7.80. The maximum Gasteiger partial charge on any atom is 0.107 e. The zero-order valence-electron chi connectivity index (χ0n) is 12.6. The second-order valence-electron chi connectivity index (χ2n) is 5.76. The number of thiocarbonyl (C=S) groups is 1. The summed E-state index contributed by atoms with van der Waals surface area (Å²) in [6.07, 6.45) is 2.49. The van der Waals surface area contributed by atoms with Gasteiger partial charge in [0, 0.05) is 23.6 Å². The number of nitrogens with two attached hydrogens (primary N) is 1. The summed E-state index contributed by atoms with van der Waals surface area (Å²) in [5, 5.41) is 3.53. The van der Waals surface area contributed by atoms with Crippen LogP contribution < -0.4 is 11.1 Å². The molecule has 3 N–H and O–H groups in total. The number of pyridine rings is 1. The average molecular weight is 292 g/mol. The Labute approximate surface area is 126 Å². The Morgan fingerprint density at radius 1 is 1.45 bits per heavy atom. The fourth-order valence-corrected chi connectivity index (χ4v) is 3.06. The molecule has 0 atom stereocenters. The van der Waals surface area contributed by atoms with Crippen molar-refractivity contribution in [3.05, 3.63) is 23.0 Å². The number of piperidine rings is 1. The minimum Gasteiger partial charge on any atom is -0.389 e. The molecule has 1 aliphatic rings. The minimum atomic E-state index is 0.417. The maximum atomic E-state index is 5.84. The van der Waals surface area contributed by atoms with Crippen LogP contribution in [0.3, 0.4) is 0 Å². The standard InChI is InChI=1S/C15H24N4S/c1-10-8-13(14(15(16)20)11(2)18-10)17-9-12-4-6-19(3)7-5-12/h8,12H,4-7,9H2,1-3H3,(H2,16,20)(H,17,18). The van der Waals surface area contributed by atoms with Crippen molar-refractivity contribution < 1.29 is 0 Å². The number of hydrogen-bond donors (Lipinski definition) is 2. The van der Waals surface area contributed by atoms with Crippen LogP contribution in [0.1, 0.15) is 29.8 Å². The van der Waals surface area contributed by atoms with E-state index >= 15 is 0 Å². The molecule has 0 radical (unpaired) electrons. The first-order valence-electron chi connectivity index (χ1n) is 7.18. The summed E-state index contributed by atoms with van der Waals surface area (Å²) in [5.41, 5.74) is 9.65. The third-order valence-corrected chi connectivity index (χ3v) is 4.20. The number of anilines is 1. The van der Waals surface area contributed by atoms with Crippen LogP contribution in [-0.2, 0) is 0 Å². The molecule has 1 fully saturated rings. The Hall–Kier alpha value is -1.20. The van der Waals surface area contributed by atoms with E-state index in [1.54, 1.807) is 0 Å². The molecule has 20 heavy (non-hydrogen) atoms. The Bertz CT molecular complexity index is 493. The molecule has 0 aromatic carbocycles. The summed E-state index contributed by atoms with van der Waals surface area (Å²) in [5.74, 6) is 0.721. The molecule has 0 bridgehead atoms. The van der Waals surface area contributed by atoms with Crippen molar-refractivity contribution in [1.29, 1.82) is 0 Å². The van der Waals surface area contributed by atoms with Gasteiger partial charge in [0.15, 0.2) is 0 Å². The number of likely N-dealkylation sites (tertiary alicyclic amines) is 1. The van der Waals surface area contributed by atoms with Gasteiger partial charge in [0.2, 0.25) is 0 Å². The number of nitrogens with one attached hydrogen (secondary N) is 1. The molecule has 0 amide bonds. The van der Waals surface area contributed by atoms with Crippen molar-refractivity contribution in [3.8, 4) is 0 Å². The quantitative estimate of drug-likeness (QED) is 0.832. The molecule has 0 spiro atoms. The molecule has 0 aliphatic carbocycles. The molecule has 2 rings (SSSR count). The zero-order chi connectivity index (χ0) is 14.7. The van der Waals surface area contributed by atoms with Gasteiger partial charge in [-0.3, -0.25) is 4.98 Å². The van der Waals surface area contributed by atoms with Crippen LogP contribution in [-0.4, -0.2) is 41.6 Å². The molecule has 1 aliphatic heterocycles. The highest BCUT2D eigenvalue weighted by Crippen LogP contribution is 2.22. The van der Waals surface area contributed by atoms with E-state index in [0.29, 0.717) is 4.99 Å². The van der Waals surface area contributed by atoms with Crippen LogP contribution in [0.5, 0.6) is 0 Å². The van der Waals surface area contributed by atoms with Crippen LogP contribution in [0.25, 0.3) is 0 Å². The number of aromatic nitrogens is 1. The van der Waals surface area contributed by atoms with E-state index in [9.17, 15) is 0 Å². The molecule has 5 heteroatoms. The smallest absolute Gasteiger partial charge is 0.107 e. The van der Waals surface area contributed by atoms with Gasteiger partial charge in [-0.05, 0) is 58.8 Å². The van der Waals surface area contributed by atoms with Crippen molar-refractivity contribution in [3.63, 3.8) is 0 Å². The Morgan fingerprint density at radius 2 is 2.10 bits per heavy atom. The van der Waals surface area contributed by atoms with Crippen LogP contribution in [0.2, 0.25) is 0 Å². The summed E-state index contributed by atoms with van der Waals surface area (Å²) >= 11 is 5.16. The third-order valence-electron chi connectivity index (χ3n) is 3.99. The highest BCUT2D eigenvalue weighted by Gasteiger charge is 2.17. The fourth-order valence-electron chi connectivity index (χ4n) is 2.80. The predicted octanol–water partition coefficient (Wildman–Crippen LogP) is 2.09. The molecule has 2 heterocycles. The van der Waals surface area contributed by atoms with Gasteiger partial charge in [0.1, 0.15) is 4.99 Å². The molecular formula is C15H24N4S. The van der Waals surface area contributed by atoms with E-state index in [1.807, 2.05) is 19.9 Å². The van der Waals surface area contributed by atoms with Crippen LogP contribution in [0, 0.1) is 19.8 Å². The Morgan fingerprint density at radius 3 is 2.70 bits per heavy atom. The van der Waals surface area contributed by atoms with Crippen LogP contribution in [0.15, 0.2) is 6.07 Å². The van der Waals surface area contributed by atoms with Gasteiger partial charge in [-0.15, -0.1) is 0 Å². The zero-order valence-corrected chi connectivity index (χ0v) is 13.4. The largest absolute Gasteiger partial charge is 0.389 e. The Kier molecular flexibility index (Phi) is 4.94. The van der Waals surface area contributed by atoms with Gasteiger partial charge in [0.05, 0.1) is 5.56 Å². The van der Waals surface area contributed by atoms with E-state index in [0.717, 1.165) is 35.1 Å². The lowest BCUT2D eigenvalue weighted by Crippen LogP contribution is -2.33. The topological polar surface area (TPSA) is 54.2 Å². The maximum absolute atomic E-state index is 5.84. The lowest BCUT2D eigenvalue weighted by Gasteiger charge is -2.29. The monoisotopic (exact) mass is 292 g/mol. The molecule has 4 nitrogen and oxygen atoms in total. The van der Waals surface area contributed by atoms with Gasteiger partial charge >= 0.3 is 0 Å². The molecular weight excluding hydrogens is 268 g/mol. The molecule has 0 unspecified atom stereocenters. The highest BCUT2D eigenvalue weighted by atomic mass is 32.1. The predicted molar refractivity (Wildman–Crippen MR) is 88.3 cm³/mol. The van der Waals surface area contributed by atoms with Crippen molar-refractivity contribution >= 4 is 22.9 Å².